The van der Waals surface area contributed by atoms with Gasteiger partial charge in [0.1, 0.15) is 6.54 Å². The van der Waals surface area contributed by atoms with Crippen molar-refractivity contribution in [3.05, 3.63) is 34.9 Å². The largest absolute Gasteiger partial charge is 0.480 e. The van der Waals surface area contributed by atoms with E-state index in [0.29, 0.717) is 11.3 Å². The molecule has 1 amide bonds. The average molecular weight is 293 g/mol. The SMILES string of the molecule is CCCN(CC(=O)O)C(=O)c1cc(F)c(F)c(F)c1F. The average Bonchev–Trinajstić information content (AvgIpc) is 2.39. The molecule has 0 saturated heterocycles. The molecule has 0 radical (unpaired) electrons. The van der Waals surface area contributed by atoms with Crippen molar-refractivity contribution in [2.75, 3.05) is 13.1 Å². The van der Waals surface area contributed by atoms with Crippen LogP contribution in [0.3, 0.4) is 0 Å². The Kier molecular flexibility index (Phi) is 5.06. The molecule has 8 heteroatoms. The summed E-state index contributed by atoms with van der Waals surface area (Å²) in [7, 11) is 0. The van der Waals surface area contributed by atoms with E-state index in [2.05, 4.69) is 0 Å². The first-order valence-corrected chi connectivity index (χ1v) is 5.63. The number of carboxylic acids is 1. The van der Waals surface area contributed by atoms with E-state index in [-0.39, 0.29) is 12.6 Å². The third-order valence-corrected chi connectivity index (χ3v) is 2.44. The summed E-state index contributed by atoms with van der Waals surface area (Å²) < 4.78 is 52.3. The maximum atomic E-state index is 13.5. The Hall–Kier alpha value is -2.12. The number of aliphatic carboxylic acids is 1. The van der Waals surface area contributed by atoms with E-state index in [1.165, 1.54) is 0 Å². The maximum absolute atomic E-state index is 13.5. The topological polar surface area (TPSA) is 57.6 Å². The highest BCUT2D eigenvalue weighted by atomic mass is 19.2. The third kappa shape index (κ3) is 3.25. The predicted octanol–water partition coefficient (Wildman–Crippen LogP) is 2.18. The predicted molar refractivity (Wildman–Crippen MR) is 60.1 cm³/mol. The fourth-order valence-electron chi connectivity index (χ4n) is 1.58. The van der Waals surface area contributed by atoms with Crippen LogP contribution in [0.1, 0.15) is 23.7 Å². The lowest BCUT2D eigenvalue weighted by Crippen LogP contribution is -2.37. The number of carbonyl (C=O) groups is 2. The fraction of sp³-hybridized carbons (Fsp3) is 0.333. The van der Waals surface area contributed by atoms with Gasteiger partial charge in [0.05, 0.1) is 5.56 Å². The monoisotopic (exact) mass is 293 g/mol. The van der Waals surface area contributed by atoms with Crippen molar-refractivity contribution in [3.63, 3.8) is 0 Å². The highest BCUT2D eigenvalue weighted by Crippen LogP contribution is 2.20. The molecule has 1 rings (SSSR count). The number of carboxylic acid groups (broad SMARTS) is 1. The van der Waals surface area contributed by atoms with Crippen LogP contribution >= 0.6 is 0 Å². The van der Waals surface area contributed by atoms with Crippen molar-refractivity contribution in [2.24, 2.45) is 0 Å². The molecule has 110 valence electrons. The van der Waals surface area contributed by atoms with Crippen molar-refractivity contribution in [1.29, 1.82) is 0 Å². The van der Waals surface area contributed by atoms with Crippen molar-refractivity contribution in [2.45, 2.75) is 13.3 Å². The van der Waals surface area contributed by atoms with Gasteiger partial charge in [0.2, 0.25) is 0 Å². The van der Waals surface area contributed by atoms with Gasteiger partial charge in [-0.15, -0.1) is 0 Å². The minimum absolute atomic E-state index is 0.0504. The van der Waals surface area contributed by atoms with Gasteiger partial charge in [-0.2, -0.15) is 0 Å². The lowest BCUT2D eigenvalue weighted by Gasteiger charge is -2.20. The van der Waals surface area contributed by atoms with Gasteiger partial charge in [0.15, 0.2) is 23.3 Å². The number of rotatable bonds is 5. The molecule has 1 aromatic rings. The van der Waals surface area contributed by atoms with Crippen LogP contribution in [-0.4, -0.2) is 35.0 Å². The molecule has 0 aliphatic rings. The maximum Gasteiger partial charge on any atom is 0.323 e. The molecule has 1 N–H and O–H groups in total. The molecule has 0 unspecified atom stereocenters. The zero-order valence-electron chi connectivity index (χ0n) is 10.4. The molecule has 0 saturated carbocycles. The number of halogens is 4. The summed E-state index contributed by atoms with van der Waals surface area (Å²) in [5, 5.41) is 8.63. The molecule has 0 aliphatic heterocycles. The van der Waals surface area contributed by atoms with Crippen LogP contribution in [0.4, 0.5) is 17.6 Å². The van der Waals surface area contributed by atoms with Crippen LogP contribution in [0.5, 0.6) is 0 Å². The van der Waals surface area contributed by atoms with Gasteiger partial charge in [-0.05, 0) is 12.5 Å². The van der Waals surface area contributed by atoms with Crippen molar-refractivity contribution in [3.8, 4) is 0 Å². The number of amides is 1. The van der Waals surface area contributed by atoms with E-state index in [1.54, 1.807) is 6.92 Å². The second-order valence-corrected chi connectivity index (χ2v) is 3.97. The Morgan fingerprint density at radius 2 is 1.75 bits per heavy atom. The first-order chi connectivity index (χ1) is 9.29. The molecule has 0 heterocycles. The van der Waals surface area contributed by atoms with E-state index in [1.807, 2.05) is 0 Å². The Labute approximate surface area is 111 Å². The van der Waals surface area contributed by atoms with E-state index in [4.69, 9.17) is 5.11 Å². The van der Waals surface area contributed by atoms with Crippen LogP contribution in [0.15, 0.2) is 6.07 Å². The van der Waals surface area contributed by atoms with Crippen molar-refractivity contribution in [1.82, 2.24) is 4.90 Å². The van der Waals surface area contributed by atoms with Gasteiger partial charge in [-0.1, -0.05) is 6.92 Å². The van der Waals surface area contributed by atoms with Crippen LogP contribution < -0.4 is 0 Å². The molecule has 0 spiro atoms. The summed E-state index contributed by atoms with van der Waals surface area (Å²) in [6.07, 6.45) is 0.354. The quantitative estimate of drug-likeness (QED) is 0.514. The molecular weight excluding hydrogens is 282 g/mol. The summed E-state index contributed by atoms with van der Waals surface area (Å²) in [6, 6.07) is 0.209. The number of hydrogen-bond acceptors (Lipinski definition) is 2. The van der Waals surface area contributed by atoms with Crippen LogP contribution in [0, 0.1) is 23.3 Å². The van der Waals surface area contributed by atoms with Gasteiger partial charge in [0, 0.05) is 6.54 Å². The molecule has 4 nitrogen and oxygen atoms in total. The van der Waals surface area contributed by atoms with Gasteiger partial charge in [0.25, 0.3) is 5.91 Å². The summed E-state index contributed by atoms with van der Waals surface area (Å²) in [5.41, 5.74) is -1.05. The zero-order chi connectivity index (χ0) is 15.4. The fourth-order valence-corrected chi connectivity index (χ4v) is 1.58. The van der Waals surface area contributed by atoms with E-state index >= 15 is 0 Å². The van der Waals surface area contributed by atoms with E-state index in [9.17, 15) is 27.2 Å². The smallest absolute Gasteiger partial charge is 0.323 e. The number of hydrogen-bond donors (Lipinski definition) is 1. The Bertz CT molecular complexity index is 548. The van der Waals surface area contributed by atoms with Gasteiger partial charge >= 0.3 is 5.97 Å². The molecule has 0 atom stereocenters. The van der Waals surface area contributed by atoms with Crippen molar-refractivity contribution < 1.29 is 32.3 Å². The van der Waals surface area contributed by atoms with E-state index < -0.39 is 47.3 Å². The normalized spacial score (nSPS) is 10.4. The first-order valence-electron chi connectivity index (χ1n) is 5.63. The molecule has 0 aromatic heterocycles. The molecule has 20 heavy (non-hydrogen) atoms. The second-order valence-electron chi connectivity index (χ2n) is 3.97. The highest BCUT2D eigenvalue weighted by Gasteiger charge is 2.26. The summed E-state index contributed by atoms with van der Waals surface area (Å²) in [4.78, 5) is 23.2. The summed E-state index contributed by atoms with van der Waals surface area (Å²) >= 11 is 0. The summed E-state index contributed by atoms with van der Waals surface area (Å²) in [5.74, 6) is -10.3. The molecule has 1 aromatic carbocycles. The van der Waals surface area contributed by atoms with Crippen LogP contribution in [0.2, 0.25) is 0 Å². The van der Waals surface area contributed by atoms with E-state index in [0.717, 1.165) is 0 Å². The third-order valence-electron chi connectivity index (χ3n) is 2.44. The van der Waals surface area contributed by atoms with Gasteiger partial charge in [-0.3, -0.25) is 9.59 Å². The minimum Gasteiger partial charge on any atom is -0.480 e. The molecule has 0 fully saturated rings. The number of benzene rings is 1. The Morgan fingerprint density at radius 1 is 1.15 bits per heavy atom. The van der Waals surface area contributed by atoms with Gasteiger partial charge in [-0.25, -0.2) is 17.6 Å². The second kappa shape index (κ2) is 6.36. The zero-order valence-corrected chi connectivity index (χ0v) is 10.4. The van der Waals surface area contributed by atoms with Crippen molar-refractivity contribution >= 4 is 11.9 Å². The standard InChI is InChI=1S/C12H11F4NO3/c1-2-3-17(5-8(18)19)12(20)6-4-7(13)10(15)11(16)9(6)14/h4H,2-3,5H2,1H3,(H,18,19). The van der Waals surface area contributed by atoms with Crippen LogP contribution in [-0.2, 0) is 4.79 Å². The Morgan fingerprint density at radius 3 is 2.25 bits per heavy atom. The number of carbonyl (C=O) groups excluding carboxylic acids is 1. The number of nitrogens with zero attached hydrogens (tertiary/aromatic N) is 1. The lowest BCUT2D eigenvalue weighted by molar-refractivity contribution is -0.137. The Balaban J connectivity index is 3.21. The van der Waals surface area contributed by atoms with Crippen LogP contribution in [0.25, 0.3) is 0 Å². The summed E-state index contributed by atoms with van der Waals surface area (Å²) in [6.45, 7) is 0.822. The minimum atomic E-state index is -2.11. The lowest BCUT2D eigenvalue weighted by atomic mass is 10.1. The van der Waals surface area contributed by atoms with Gasteiger partial charge < -0.3 is 10.0 Å². The molecule has 0 aliphatic carbocycles. The molecular formula is C12H11F4NO3. The highest BCUT2D eigenvalue weighted by molar-refractivity contribution is 5.96. The molecule has 0 bridgehead atoms. The first kappa shape index (κ1) is 15.9.